The average Bonchev–Trinajstić information content (AvgIpc) is 3.13. The van der Waals surface area contributed by atoms with Crippen LogP contribution in [0.4, 0.5) is 10.1 Å². The molecule has 2 aromatic heterocycles. The Morgan fingerprint density at radius 3 is 2.47 bits per heavy atom. The summed E-state index contributed by atoms with van der Waals surface area (Å²) in [6.45, 7) is 7.13. The number of halogens is 1. The fourth-order valence-corrected chi connectivity index (χ4v) is 3.87. The molecule has 1 N–H and O–H groups in total. The fraction of sp³-hybridized carbons (Fsp3) is 0.250. The monoisotopic (exact) mass is 433 g/mol. The zero-order valence-corrected chi connectivity index (χ0v) is 18.4. The maximum atomic E-state index is 13.4. The number of aryl methyl sites for hydroxylation is 3. The van der Waals surface area contributed by atoms with E-state index in [-0.39, 0.29) is 17.3 Å². The second kappa shape index (κ2) is 8.37. The molecule has 0 radical (unpaired) electrons. The summed E-state index contributed by atoms with van der Waals surface area (Å²) >= 11 is 0. The Morgan fingerprint density at radius 2 is 1.81 bits per heavy atom. The van der Waals surface area contributed by atoms with Crippen LogP contribution in [0, 0.1) is 26.6 Å². The van der Waals surface area contributed by atoms with E-state index in [1.165, 1.54) is 22.9 Å². The minimum Gasteiger partial charge on any atom is -0.324 e. The topological polar surface area (TPSA) is 81.8 Å². The number of aromatic nitrogens is 4. The van der Waals surface area contributed by atoms with Crippen molar-refractivity contribution in [2.75, 3.05) is 5.32 Å². The molecule has 0 aliphatic rings. The SMILES string of the molecule is CCC(C(=O)Nc1ccc(F)cc1C)n1nc(C)c2nn(-c3ccccc3)c(C)c2c1=O. The molecule has 1 amide bonds. The maximum absolute atomic E-state index is 13.4. The van der Waals surface area contributed by atoms with Crippen molar-refractivity contribution in [3.63, 3.8) is 0 Å². The molecule has 7 nitrogen and oxygen atoms in total. The standard InChI is InChI=1S/C24H24FN5O2/c1-5-20(23(31)26-19-12-11-17(25)13-14(19)2)30-24(32)21-16(4)29(18-9-7-6-8-10-18)28-22(21)15(3)27-30/h6-13,20H,5H2,1-4H3,(H,26,31). The summed E-state index contributed by atoms with van der Waals surface area (Å²) in [6.07, 6.45) is 0.357. The molecule has 164 valence electrons. The predicted octanol–water partition coefficient (Wildman–Crippen LogP) is 4.24. The van der Waals surface area contributed by atoms with Crippen LogP contribution >= 0.6 is 0 Å². The number of hydrogen-bond donors (Lipinski definition) is 1. The quantitative estimate of drug-likeness (QED) is 0.511. The van der Waals surface area contributed by atoms with Gasteiger partial charge in [0.25, 0.3) is 5.56 Å². The van der Waals surface area contributed by atoms with E-state index in [0.717, 1.165) is 5.69 Å². The van der Waals surface area contributed by atoms with Gasteiger partial charge in [0.1, 0.15) is 17.4 Å². The fourth-order valence-electron chi connectivity index (χ4n) is 3.87. The highest BCUT2D eigenvalue weighted by molar-refractivity contribution is 5.94. The van der Waals surface area contributed by atoms with Crippen LogP contribution in [0.2, 0.25) is 0 Å². The molecule has 0 spiro atoms. The van der Waals surface area contributed by atoms with Gasteiger partial charge in [-0.05, 0) is 63.1 Å². The largest absolute Gasteiger partial charge is 0.324 e. The van der Waals surface area contributed by atoms with Gasteiger partial charge in [-0.25, -0.2) is 13.8 Å². The first-order valence-electron chi connectivity index (χ1n) is 10.4. The van der Waals surface area contributed by atoms with Crippen LogP contribution in [-0.2, 0) is 4.79 Å². The molecule has 0 saturated heterocycles. The minimum atomic E-state index is -0.825. The van der Waals surface area contributed by atoms with Crippen LogP contribution in [0.3, 0.4) is 0 Å². The summed E-state index contributed by atoms with van der Waals surface area (Å²) < 4.78 is 16.4. The summed E-state index contributed by atoms with van der Waals surface area (Å²) in [6, 6.07) is 12.8. The van der Waals surface area contributed by atoms with E-state index < -0.39 is 6.04 Å². The highest BCUT2D eigenvalue weighted by Crippen LogP contribution is 2.22. The number of nitrogens with one attached hydrogen (secondary N) is 1. The first-order chi connectivity index (χ1) is 15.3. The molecule has 32 heavy (non-hydrogen) atoms. The Labute approximate surface area is 184 Å². The zero-order valence-electron chi connectivity index (χ0n) is 18.4. The number of nitrogens with zero attached hydrogens (tertiary/aromatic N) is 4. The van der Waals surface area contributed by atoms with Gasteiger partial charge >= 0.3 is 0 Å². The summed E-state index contributed by atoms with van der Waals surface area (Å²) in [5.41, 5.74) is 3.30. The first kappa shape index (κ1) is 21.4. The summed E-state index contributed by atoms with van der Waals surface area (Å²) in [5, 5.41) is 12.3. The number of carbonyl (C=O) groups excluding carboxylic acids is 1. The third-order valence-corrected chi connectivity index (χ3v) is 5.57. The molecule has 2 aromatic carbocycles. The Bertz CT molecular complexity index is 1370. The Kier molecular flexibility index (Phi) is 5.61. The van der Waals surface area contributed by atoms with Crippen molar-refractivity contribution in [1.29, 1.82) is 0 Å². The highest BCUT2D eigenvalue weighted by atomic mass is 19.1. The molecular weight excluding hydrogens is 409 g/mol. The van der Waals surface area contributed by atoms with Crippen LogP contribution in [0.25, 0.3) is 16.6 Å². The minimum absolute atomic E-state index is 0.357. The van der Waals surface area contributed by atoms with Crippen LogP contribution in [-0.4, -0.2) is 25.5 Å². The lowest BCUT2D eigenvalue weighted by Crippen LogP contribution is -2.35. The van der Waals surface area contributed by atoms with Crippen molar-refractivity contribution in [3.8, 4) is 5.69 Å². The van der Waals surface area contributed by atoms with Gasteiger partial charge in [0, 0.05) is 5.69 Å². The van der Waals surface area contributed by atoms with Crippen molar-refractivity contribution < 1.29 is 9.18 Å². The van der Waals surface area contributed by atoms with Gasteiger partial charge in [0.05, 0.1) is 22.5 Å². The molecular formula is C24H24FN5O2. The summed E-state index contributed by atoms with van der Waals surface area (Å²) in [5.74, 6) is -0.763. The number of rotatable bonds is 5. The van der Waals surface area contributed by atoms with Crippen molar-refractivity contribution in [1.82, 2.24) is 19.6 Å². The number of para-hydroxylation sites is 1. The molecule has 4 rings (SSSR count). The van der Waals surface area contributed by atoms with Gasteiger partial charge in [-0.2, -0.15) is 10.2 Å². The van der Waals surface area contributed by atoms with Gasteiger partial charge in [0.2, 0.25) is 5.91 Å². The number of hydrogen-bond acceptors (Lipinski definition) is 4. The van der Waals surface area contributed by atoms with Crippen molar-refractivity contribution >= 4 is 22.5 Å². The molecule has 0 fully saturated rings. The Hall–Kier alpha value is -3.81. The van der Waals surface area contributed by atoms with Crippen LogP contribution in [0.1, 0.15) is 36.3 Å². The molecule has 0 aliphatic carbocycles. The molecule has 8 heteroatoms. The highest BCUT2D eigenvalue weighted by Gasteiger charge is 2.25. The molecule has 0 saturated carbocycles. The predicted molar refractivity (Wildman–Crippen MR) is 122 cm³/mol. The second-order valence-electron chi connectivity index (χ2n) is 7.76. The zero-order chi connectivity index (χ0) is 23.0. The summed E-state index contributed by atoms with van der Waals surface area (Å²) in [4.78, 5) is 26.5. The van der Waals surface area contributed by atoms with E-state index in [0.29, 0.717) is 40.0 Å². The van der Waals surface area contributed by atoms with Gasteiger partial charge < -0.3 is 5.32 Å². The molecule has 1 unspecified atom stereocenters. The Balaban J connectivity index is 1.79. The van der Waals surface area contributed by atoms with E-state index >= 15 is 0 Å². The molecule has 0 bridgehead atoms. The van der Waals surface area contributed by atoms with Crippen molar-refractivity contribution in [3.05, 3.63) is 81.7 Å². The van der Waals surface area contributed by atoms with E-state index in [1.807, 2.05) is 44.2 Å². The lowest BCUT2D eigenvalue weighted by Gasteiger charge is -2.18. The third-order valence-electron chi connectivity index (χ3n) is 5.57. The molecule has 1 atom stereocenters. The van der Waals surface area contributed by atoms with E-state index in [4.69, 9.17) is 0 Å². The number of benzene rings is 2. The van der Waals surface area contributed by atoms with Crippen molar-refractivity contribution in [2.24, 2.45) is 0 Å². The number of carbonyl (C=O) groups is 1. The molecule has 0 aliphatic heterocycles. The van der Waals surface area contributed by atoms with Crippen LogP contribution in [0.5, 0.6) is 0 Å². The van der Waals surface area contributed by atoms with Crippen molar-refractivity contribution in [2.45, 2.75) is 40.2 Å². The molecule has 4 aromatic rings. The lowest BCUT2D eigenvalue weighted by molar-refractivity contribution is -0.119. The normalized spacial score (nSPS) is 12.2. The summed E-state index contributed by atoms with van der Waals surface area (Å²) in [7, 11) is 0. The van der Waals surface area contributed by atoms with Gasteiger partial charge in [0.15, 0.2) is 0 Å². The number of amides is 1. The van der Waals surface area contributed by atoms with Crippen LogP contribution in [0.15, 0.2) is 53.3 Å². The maximum Gasteiger partial charge on any atom is 0.278 e. The number of anilines is 1. The van der Waals surface area contributed by atoms with Gasteiger partial charge in [-0.1, -0.05) is 25.1 Å². The second-order valence-corrected chi connectivity index (χ2v) is 7.76. The first-order valence-corrected chi connectivity index (χ1v) is 10.4. The average molecular weight is 433 g/mol. The Morgan fingerprint density at radius 1 is 1.09 bits per heavy atom. The lowest BCUT2D eigenvalue weighted by atomic mass is 10.1. The van der Waals surface area contributed by atoms with Gasteiger partial charge in [-0.15, -0.1) is 0 Å². The van der Waals surface area contributed by atoms with Crippen LogP contribution < -0.4 is 10.9 Å². The van der Waals surface area contributed by atoms with E-state index in [1.54, 1.807) is 18.5 Å². The molecule has 2 heterocycles. The van der Waals surface area contributed by atoms with Gasteiger partial charge in [-0.3, -0.25) is 9.59 Å². The third kappa shape index (κ3) is 3.68. The smallest absolute Gasteiger partial charge is 0.278 e. The number of fused-ring (bicyclic) bond motifs is 1. The van der Waals surface area contributed by atoms with E-state index in [9.17, 15) is 14.0 Å². The van der Waals surface area contributed by atoms with E-state index in [2.05, 4.69) is 15.5 Å².